The van der Waals surface area contributed by atoms with Crippen LogP contribution in [0.15, 0.2) is 41.8 Å². The summed E-state index contributed by atoms with van der Waals surface area (Å²) in [6, 6.07) is 11.3. The molecule has 0 bridgehead atoms. The number of nitrogens with zero attached hydrogens (tertiary/aromatic N) is 2. The Balaban J connectivity index is 1.35. The zero-order valence-corrected chi connectivity index (χ0v) is 16.9. The maximum Gasteiger partial charge on any atom is 0.267 e. The van der Waals surface area contributed by atoms with E-state index in [1.165, 1.54) is 22.7 Å². The maximum absolute atomic E-state index is 12.5. The van der Waals surface area contributed by atoms with E-state index in [4.69, 9.17) is 4.74 Å². The van der Waals surface area contributed by atoms with Gasteiger partial charge in [0.2, 0.25) is 0 Å². The van der Waals surface area contributed by atoms with Crippen LogP contribution in [-0.4, -0.2) is 34.8 Å². The van der Waals surface area contributed by atoms with Gasteiger partial charge in [-0.2, -0.15) is 0 Å². The predicted octanol–water partition coefficient (Wildman–Crippen LogP) is 3.73. The number of benzene rings is 1. The lowest BCUT2D eigenvalue weighted by molar-refractivity contribution is -0.134. The molecule has 0 aliphatic carbocycles. The minimum atomic E-state index is -0.152. The first-order chi connectivity index (χ1) is 13.6. The largest absolute Gasteiger partial charge is 0.484 e. The predicted molar refractivity (Wildman–Crippen MR) is 110 cm³/mol. The number of hydrogen-bond donors (Lipinski definition) is 1. The molecule has 1 aromatic carbocycles. The van der Waals surface area contributed by atoms with Crippen LogP contribution in [0.2, 0.25) is 0 Å². The average molecular weight is 414 g/mol. The number of ether oxygens (including phenoxy) is 1. The zero-order valence-electron chi connectivity index (χ0n) is 15.3. The number of hydrogen-bond acceptors (Lipinski definition) is 6. The summed E-state index contributed by atoms with van der Waals surface area (Å²) in [5.41, 5.74) is 2.10. The van der Waals surface area contributed by atoms with Gasteiger partial charge in [-0.05, 0) is 30.5 Å². The first-order valence-electron chi connectivity index (χ1n) is 8.89. The van der Waals surface area contributed by atoms with Crippen LogP contribution < -0.4 is 10.1 Å². The third-order valence-electron chi connectivity index (χ3n) is 4.43. The molecule has 0 unspecified atom stereocenters. The number of thiophene rings is 1. The molecular formula is C20H19N3O3S2. The fraction of sp³-hybridized carbons (Fsp3) is 0.250. The number of aryl methyl sites for hydroxylation is 1. The van der Waals surface area contributed by atoms with E-state index in [-0.39, 0.29) is 18.4 Å². The molecule has 1 aliphatic rings. The Hall–Kier alpha value is -2.71. The number of anilines is 1. The minimum Gasteiger partial charge on any atom is -0.484 e. The molecule has 144 valence electrons. The van der Waals surface area contributed by atoms with Crippen LogP contribution in [-0.2, 0) is 17.8 Å². The van der Waals surface area contributed by atoms with Crippen molar-refractivity contribution < 1.29 is 14.3 Å². The van der Waals surface area contributed by atoms with E-state index in [0.29, 0.717) is 35.3 Å². The molecule has 3 aromatic rings. The van der Waals surface area contributed by atoms with Crippen molar-refractivity contribution in [2.24, 2.45) is 0 Å². The highest BCUT2D eigenvalue weighted by atomic mass is 32.1. The molecule has 1 aliphatic heterocycles. The van der Waals surface area contributed by atoms with Crippen LogP contribution >= 0.6 is 22.7 Å². The number of amides is 2. The van der Waals surface area contributed by atoms with Crippen molar-refractivity contribution in [3.05, 3.63) is 62.8 Å². The van der Waals surface area contributed by atoms with Gasteiger partial charge < -0.3 is 9.64 Å². The van der Waals surface area contributed by atoms with Gasteiger partial charge in [0.25, 0.3) is 11.8 Å². The molecule has 0 fully saturated rings. The van der Waals surface area contributed by atoms with Crippen molar-refractivity contribution in [2.45, 2.75) is 19.9 Å². The number of rotatable bonds is 5. The summed E-state index contributed by atoms with van der Waals surface area (Å²) in [4.78, 5) is 32.6. The summed E-state index contributed by atoms with van der Waals surface area (Å²) in [6.07, 6.45) is 0.678. The lowest BCUT2D eigenvalue weighted by atomic mass is 10.2. The molecule has 0 saturated heterocycles. The van der Waals surface area contributed by atoms with Gasteiger partial charge >= 0.3 is 0 Å². The standard InChI is InChI=1S/C20H19N3O3S2/c1-13-4-6-14(7-5-13)26-12-18(24)23-9-8-15-17(11-23)28-20(21-15)22-19(25)16-3-2-10-27-16/h2-7,10H,8-9,11-12H2,1H3,(H,21,22,25). The number of nitrogens with one attached hydrogen (secondary N) is 1. The highest BCUT2D eigenvalue weighted by molar-refractivity contribution is 7.16. The topological polar surface area (TPSA) is 71.5 Å². The SMILES string of the molecule is Cc1ccc(OCC(=O)N2CCc3nc(NC(=O)c4cccs4)sc3C2)cc1. The van der Waals surface area contributed by atoms with E-state index in [0.717, 1.165) is 16.1 Å². The summed E-state index contributed by atoms with van der Waals surface area (Å²) >= 11 is 2.82. The van der Waals surface area contributed by atoms with Crippen LogP contribution in [0.4, 0.5) is 5.13 Å². The number of thiazole rings is 1. The quantitative estimate of drug-likeness (QED) is 0.692. The maximum atomic E-state index is 12.5. The number of carbonyl (C=O) groups is 2. The van der Waals surface area contributed by atoms with E-state index >= 15 is 0 Å². The third-order valence-corrected chi connectivity index (χ3v) is 6.30. The van der Waals surface area contributed by atoms with Gasteiger partial charge in [0.1, 0.15) is 5.75 Å². The molecule has 0 spiro atoms. The summed E-state index contributed by atoms with van der Waals surface area (Å²) in [6.45, 7) is 3.12. The smallest absolute Gasteiger partial charge is 0.267 e. The lowest BCUT2D eigenvalue weighted by Crippen LogP contribution is -2.38. The third kappa shape index (κ3) is 4.23. The first kappa shape index (κ1) is 18.6. The number of aromatic nitrogens is 1. The van der Waals surface area contributed by atoms with Gasteiger partial charge in [-0.3, -0.25) is 14.9 Å². The summed E-state index contributed by atoms with van der Waals surface area (Å²) < 4.78 is 5.60. The molecular weight excluding hydrogens is 394 g/mol. The highest BCUT2D eigenvalue weighted by Crippen LogP contribution is 2.29. The number of carbonyl (C=O) groups excluding carboxylic acids is 2. The molecule has 4 rings (SSSR count). The van der Waals surface area contributed by atoms with Gasteiger partial charge in [-0.25, -0.2) is 4.98 Å². The average Bonchev–Trinajstić information content (AvgIpc) is 3.36. The summed E-state index contributed by atoms with van der Waals surface area (Å²) in [5, 5.41) is 5.29. The Morgan fingerprint density at radius 1 is 1.25 bits per heavy atom. The van der Waals surface area contributed by atoms with Gasteiger partial charge in [0.15, 0.2) is 11.7 Å². The molecule has 28 heavy (non-hydrogen) atoms. The van der Waals surface area contributed by atoms with E-state index in [2.05, 4.69) is 10.3 Å². The van der Waals surface area contributed by atoms with Crippen LogP contribution in [0.1, 0.15) is 25.8 Å². The Labute approximate surface area is 170 Å². The Morgan fingerprint density at radius 2 is 2.07 bits per heavy atom. The molecule has 0 saturated carbocycles. The van der Waals surface area contributed by atoms with Crippen LogP contribution in [0.5, 0.6) is 5.75 Å². The second kappa shape index (κ2) is 8.12. The second-order valence-electron chi connectivity index (χ2n) is 6.49. The molecule has 0 radical (unpaired) electrons. The fourth-order valence-corrected chi connectivity index (χ4v) is 4.54. The number of fused-ring (bicyclic) bond motifs is 1. The molecule has 1 N–H and O–H groups in total. The van der Waals surface area contributed by atoms with Gasteiger partial charge in [0.05, 0.1) is 17.1 Å². The molecule has 2 amide bonds. The van der Waals surface area contributed by atoms with Crippen molar-refractivity contribution in [1.29, 1.82) is 0 Å². The molecule has 0 atom stereocenters. The summed E-state index contributed by atoms with van der Waals surface area (Å²) in [5.74, 6) is 0.484. The van der Waals surface area contributed by atoms with Crippen molar-refractivity contribution in [2.75, 3.05) is 18.5 Å². The van der Waals surface area contributed by atoms with Gasteiger partial charge in [-0.15, -0.1) is 11.3 Å². The van der Waals surface area contributed by atoms with Crippen molar-refractivity contribution in [3.8, 4) is 5.75 Å². The molecule has 2 aromatic heterocycles. The van der Waals surface area contributed by atoms with Crippen molar-refractivity contribution >= 4 is 39.6 Å². The van der Waals surface area contributed by atoms with Crippen LogP contribution in [0.25, 0.3) is 0 Å². The van der Waals surface area contributed by atoms with E-state index in [9.17, 15) is 9.59 Å². The first-order valence-corrected chi connectivity index (χ1v) is 10.6. The summed E-state index contributed by atoms with van der Waals surface area (Å²) in [7, 11) is 0. The van der Waals surface area contributed by atoms with Crippen LogP contribution in [0, 0.1) is 6.92 Å². The van der Waals surface area contributed by atoms with Crippen molar-refractivity contribution in [1.82, 2.24) is 9.88 Å². The van der Waals surface area contributed by atoms with Gasteiger partial charge in [-0.1, -0.05) is 35.1 Å². The Morgan fingerprint density at radius 3 is 2.82 bits per heavy atom. The second-order valence-corrected chi connectivity index (χ2v) is 8.52. The highest BCUT2D eigenvalue weighted by Gasteiger charge is 2.25. The Kier molecular flexibility index (Phi) is 5.40. The van der Waals surface area contributed by atoms with Crippen molar-refractivity contribution in [3.63, 3.8) is 0 Å². The Bertz CT molecular complexity index is 981. The molecule has 8 heteroatoms. The normalized spacial score (nSPS) is 13.1. The van der Waals surface area contributed by atoms with E-state index in [1.54, 1.807) is 11.0 Å². The lowest BCUT2D eigenvalue weighted by Gasteiger charge is -2.26. The minimum absolute atomic E-state index is 0.0131. The fourth-order valence-electron chi connectivity index (χ4n) is 2.90. The molecule has 6 nitrogen and oxygen atoms in total. The van der Waals surface area contributed by atoms with Crippen LogP contribution in [0.3, 0.4) is 0 Å². The molecule has 3 heterocycles. The monoisotopic (exact) mass is 413 g/mol. The van der Waals surface area contributed by atoms with E-state index < -0.39 is 0 Å². The van der Waals surface area contributed by atoms with E-state index in [1.807, 2.05) is 42.6 Å². The van der Waals surface area contributed by atoms with Gasteiger partial charge in [0, 0.05) is 17.8 Å². The zero-order chi connectivity index (χ0) is 19.5.